The molecule has 0 amide bonds. The van der Waals surface area contributed by atoms with Crippen LogP contribution >= 0.6 is 0 Å². The molecule has 1 heterocycles. The highest BCUT2D eigenvalue weighted by Crippen LogP contribution is 2.21. The molecule has 1 atom stereocenters. The van der Waals surface area contributed by atoms with E-state index in [2.05, 4.69) is 11.9 Å². The van der Waals surface area contributed by atoms with Crippen molar-refractivity contribution in [2.24, 2.45) is 0 Å². The molecule has 0 aliphatic rings. The lowest BCUT2D eigenvalue weighted by atomic mass is 10.2. The third-order valence-corrected chi connectivity index (χ3v) is 4.71. The number of fused-ring (bicyclic) bond motifs is 1. The Hall–Kier alpha value is -1.69. The number of imidazole rings is 1. The highest BCUT2D eigenvalue weighted by molar-refractivity contribution is 7.84. The van der Waals surface area contributed by atoms with E-state index in [1.54, 1.807) is 12.1 Å². The number of hydrogen-bond donors (Lipinski definition) is 1. The van der Waals surface area contributed by atoms with E-state index in [1.807, 2.05) is 17.6 Å². The first-order valence-electron chi connectivity index (χ1n) is 7.14. The van der Waals surface area contributed by atoms with Crippen LogP contribution in [0.1, 0.15) is 36.5 Å². The van der Waals surface area contributed by atoms with Crippen molar-refractivity contribution >= 4 is 27.8 Å². The van der Waals surface area contributed by atoms with Gasteiger partial charge in [-0.3, -0.25) is 4.21 Å². The van der Waals surface area contributed by atoms with Crippen LogP contribution in [0.2, 0.25) is 0 Å². The van der Waals surface area contributed by atoms with Crippen LogP contribution in [0.5, 0.6) is 0 Å². The smallest absolute Gasteiger partial charge is 0.337 e. The number of hydrogen-bond acceptors (Lipinski definition) is 3. The van der Waals surface area contributed by atoms with Gasteiger partial charge in [-0.15, -0.1) is 0 Å². The van der Waals surface area contributed by atoms with Gasteiger partial charge in [-0.25, -0.2) is 9.78 Å². The summed E-state index contributed by atoms with van der Waals surface area (Å²) in [6.45, 7) is 4.57. The molecule has 5 nitrogen and oxygen atoms in total. The zero-order chi connectivity index (χ0) is 15.4. The SMILES string of the molecule is CCCc1nc2c(C(=O)O)cccc2n1CCS(=O)CC. The number of aromatic nitrogens is 2. The van der Waals surface area contributed by atoms with Gasteiger partial charge in [-0.2, -0.15) is 0 Å². The maximum Gasteiger partial charge on any atom is 0.337 e. The van der Waals surface area contributed by atoms with Gasteiger partial charge in [0.2, 0.25) is 0 Å². The summed E-state index contributed by atoms with van der Waals surface area (Å²) in [5, 5.41) is 9.27. The highest BCUT2D eigenvalue weighted by atomic mass is 32.2. The van der Waals surface area contributed by atoms with E-state index >= 15 is 0 Å². The van der Waals surface area contributed by atoms with E-state index < -0.39 is 16.8 Å². The molecule has 0 spiro atoms. The van der Waals surface area contributed by atoms with Crippen LogP contribution in [0.15, 0.2) is 18.2 Å². The molecule has 0 saturated carbocycles. The molecule has 114 valence electrons. The van der Waals surface area contributed by atoms with Gasteiger partial charge in [0.15, 0.2) is 0 Å². The second kappa shape index (κ2) is 6.85. The third-order valence-electron chi connectivity index (χ3n) is 3.43. The van der Waals surface area contributed by atoms with Crippen molar-refractivity contribution in [2.45, 2.75) is 33.2 Å². The standard InChI is InChI=1S/C15H20N2O3S/c1-3-6-13-16-14-11(15(18)19)7-5-8-12(14)17(13)9-10-21(20)4-2/h5,7-8H,3-4,6,9-10H2,1-2H3,(H,18,19). The Morgan fingerprint density at radius 1 is 1.38 bits per heavy atom. The molecule has 2 aromatic rings. The summed E-state index contributed by atoms with van der Waals surface area (Å²) >= 11 is 0. The fourth-order valence-corrected chi connectivity index (χ4v) is 3.04. The summed E-state index contributed by atoms with van der Waals surface area (Å²) in [6.07, 6.45) is 1.72. The fraction of sp³-hybridized carbons (Fsp3) is 0.467. The lowest BCUT2D eigenvalue weighted by molar-refractivity contribution is 0.0699. The zero-order valence-corrected chi connectivity index (χ0v) is 13.2. The maximum absolute atomic E-state index is 11.7. The highest BCUT2D eigenvalue weighted by Gasteiger charge is 2.16. The average Bonchev–Trinajstić information content (AvgIpc) is 2.82. The Bertz CT molecular complexity index is 679. The number of aromatic carboxylic acids is 1. The third kappa shape index (κ3) is 3.32. The molecule has 0 aliphatic carbocycles. The minimum Gasteiger partial charge on any atom is -0.478 e. The van der Waals surface area contributed by atoms with Crippen LogP contribution in [0, 0.1) is 0 Å². The number of carboxylic acids is 1. The number of benzene rings is 1. The summed E-state index contributed by atoms with van der Waals surface area (Å²) in [5.41, 5.74) is 1.56. The van der Waals surface area contributed by atoms with Gasteiger partial charge in [0.05, 0.1) is 11.1 Å². The molecule has 21 heavy (non-hydrogen) atoms. The molecule has 1 unspecified atom stereocenters. The van der Waals surface area contributed by atoms with Gasteiger partial charge in [0.25, 0.3) is 0 Å². The predicted octanol–water partition coefficient (Wildman–Crippen LogP) is 2.46. The monoisotopic (exact) mass is 308 g/mol. The molecule has 0 saturated heterocycles. The molecule has 1 aromatic carbocycles. The van der Waals surface area contributed by atoms with E-state index in [1.165, 1.54) is 0 Å². The van der Waals surface area contributed by atoms with Crippen LogP contribution in [0.25, 0.3) is 11.0 Å². The van der Waals surface area contributed by atoms with Crippen molar-refractivity contribution < 1.29 is 14.1 Å². The predicted molar refractivity (Wildman–Crippen MR) is 84.2 cm³/mol. The minimum absolute atomic E-state index is 0.222. The topological polar surface area (TPSA) is 72.2 Å². The Kier molecular flexibility index (Phi) is 5.12. The first-order valence-corrected chi connectivity index (χ1v) is 8.63. The number of rotatable bonds is 7. The molecular weight excluding hydrogens is 288 g/mol. The summed E-state index contributed by atoms with van der Waals surface area (Å²) < 4.78 is 13.7. The molecule has 1 aromatic heterocycles. The van der Waals surface area contributed by atoms with Gasteiger partial charge in [0.1, 0.15) is 11.3 Å². The molecule has 0 radical (unpaired) electrons. The van der Waals surface area contributed by atoms with Gasteiger partial charge >= 0.3 is 5.97 Å². The Morgan fingerprint density at radius 3 is 2.76 bits per heavy atom. The first kappa shape index (κ1) is 15.7. The minimum atomic E-state index is -0.967. The number of nitrogens with zero attached hydrogens (tertiary/aromatic N) is 2. The van der Waals surface area contributed by atoms with E-state index in [-0.39, 0.29) is 5.56 Å². The first-order chi connectivity index (χ1) is 10.1. The Labute approximate surface area is 126 Å². The number of aryl methyl sites for hydroxylation is 2. The summed E-state index contributed by atoms with van der Waals surface area (Å²) in [5.74, 6) is 1.10. The lowest BCUT2D eigenvalue weighted by Gasteiger charge is -2.08. The molecule has 0 fully saturated rings. The Balaban J connectivity index is 2.50. The van der Waals surface area contributed by atoms with Crippen LogP contribution < -0.4 is 0 Å². The van der Waals surface area contributed by atoms with Crippen molar-refractivity contribution in [2.75, 3.05) is 11.5 Å². The van der Waals surface area contributed by atoms with Gasteiger partial charge < -0.3 is 9.67 Å². The molecule has 0 bridgehead atoms. The van der Waals surface area contributed by atoms with Gasteiger partial charge in [-0.05, 0) is 18.6 Å². The molecule has 0 aliphatic heterocycles. The van der Waals surface area contributed by atoms with Crippen LogP contribution in [0.3, 0.4) is 0 Å². The quantitative estimate of drug-likeness (QED) is 0.853. The lowest BCUT2D eigenvalue weighted by Crippen LogP contribution is -2.11. The van der Waals surface area contributed by atoms with Crippen LogP contribution in [-0.2, 0) is 23.8 Å². The van der Waals surface area contributed by atoms with Crippen molar-refractivity contribution in [3.63, 3.8) is 0 Å². The molecule has 6 heteroatoms. The normalized spacial score (nSPS) is 12.7. The maximum atomic E-state index is 11.7. The van der Waals surface area contributed by atoms with Gasteiger partial charge in [0, 0.05) is 35.3 Å². The van der Waals surface area contributed by atoms with Crippen molar-refractivity contribution in [1.29, 1.82) is 0 Å². The summed E-state index contributed by atoms with van der Waals surface area (Å²) in [6, 6.07) is 5.18. The number of para-hydroxylation sites is 1. The van der Waals surface area contributed by atoms with Crippen molar-refractivity contribution in [1.82, 2.24) is 9.55 Å². The number of carbonyl (C=O) groups is 1. The van der Waals surface area contributed by atoms with Gasteiger partial charge in [-0.1, -0.05) is 19.9 Å². The van der Waals surface area contributed by atoms with E-state index in [9.17, 15) is 14.1 Å². The van der Waals surface area contributed by atoms with Crippen LogP contribution in [-0.4, -0.2) is 36.3 Å². The second-order valence-electron chi connectivity index (χ2n) is 4.84. The van der Waals surface area contributed by atoms with E-state index in [0.29, 0.717) is 23.6 Å². The van der Waals surface area contributed by atoms with Crippen molar-refractivity contribution in [3.05, 3.63) is 29.6 Å². The van der Waals surface area contributed by atoms with Crippen molar-refractivity contribution in [3.8, 4) is 0 Å². The molecular formula is C15H20N2O3S. The molecule has 1 N–H and O–H groups in total. The summed E-state index contributed by atoms with van der Waals surface area (Å²) in [4.78, 5) is 15.8. The van der Waals surface area contributed by atoms with Crippen LogP contribution in [0.4, 0.5) is 0 Å². The largest absolute Gasteiger partial charge is 0.478 e. The zero-order valence-electron chi connectivity index (χ0n) is 12.3. The average molecular weight is 308 g/mol. The fourth-order valence-electron chi connectivity index (χ4n) is 2.37. The summed E-state index contributed by atoms with van der Waals surface area (Å²) in [7, 11) is -0.846. The van der Waals surface area contributed by atoms with E-state index in [4.69, 9.17) is 0 Å². The molecule has 2 rings (SSSR count). The second-order valence-corrected chi connectivity index (χ2v) is 6.71. The van der Waals surface area contributed by atoms with E-state index in [0.717, 1.165) is 24.2 Å². The Morgan fingerprint density at radius 2 is 2.14 bits per heavy atom. The number of carboxylic acid groups (broad SMARTS) is 1.